The van der Waals surface area contributed by atoms with Gasteiger partial charge in [-0.3, -0.25) is 0 Å². The van der Waals surface area contributed by atoms with Gasteiger partial charge in [-0.05, 0) is 31.2 Å². The highest BCUT2D eigenvalue weighted by Crippen LogP contribution is 2.24. The number of alkyl halides is 3. The van der Waals surface area contributed by atoms with Crippen LogP contribution >= 0.6 is 10.5 Å². The number of H-pyrrole nitrogens is 1. The number of aryl methyl sites for hydroxylation is 1. The average Bonchev–Trinajstić information content (AvgIpc) is 2.84. The van der Waals surface area contributed by atoms with E-state index in [1.54, 1.807) is 5.51 Å². The first-order valence-corrected chi connectivity index (χ1v) is 8.80. The predicted octanol–water partition coefficient (Wildman–Crippen LogP) is 2.37. The van der Waals surface area contributed by atoms with E-state index in [0.29, 0.717) is 5.75 Å². The van der Waals surface area contributed by atoms with Crippen molar-refractivity contribution in [1.29, 1.82) is 0 Å². The summed E-state index contributed by atoms with van der Waals surface area (Å²) in [5.41, 5.74) is 1.56. The molecule has 22 heavy (non-hydrogen) atoms. The summed E-state index contributed by atoms with van der Waals surface area (Å²) in [5, 5.41) is 6.25. The Labute approximate surface area is 126 Å². The summed E-state index contributed by atoms with van der Waals surface area (Å²) in [6, 6.07) is 3.83. The van der Waals surface area contributed by atoms with E-state index in [2.05, 4.69) is 19.3 Å². The molecule has 0 saturated heterocycles. The third-order valence-electron chi connectivity index (χ3n) is 2.46. The quantitative estimate of drug-likeness (QED) is 0.855. The maximum Gasteiger partial charge on any atom is 0.573 e. The van der Waals surface area contributed by atoms with Crippen LogP contribution in [0.25, 0.3) is 0 Å². The number of hydrogen-bond acceptors (Lipinski definition) is 4. The second-order valence-electron chi connectivity index (χ2n) is 3.95. The minimum absolute atomic E-state index is 0.207. The van der Waals surface area contributed by atoms with Gasteiger partial charge in [0.2, 0.25) is 5.51 Å². The second kappa shape index (κ2) is 6.08. The van der Waals surface area contributed by atoms with Gasteiger partial charge in [-0.25, -0.2) is 5.10 Å². The molecule has 1 heterocycles. The van der Waals surface area contributed by atoms with Gasteiger partial charge in [0, 0.05) is 10.5 Å². The Hall–Kier alpha value is -1.88. The van der Waals surface area contributed by atoms with Crippen molar-refractivity contribution >= 4 is 20.5 Å². The highest BCUT2D eigenvalue weighted by atomic mass is 32.2. The zero-order valence-corrected chi connectivity index (χ0v) is 12.8. The molecule has 0 spiro atoms. The van der Waals surface area contributed by atoms with Crippen LogP contribution in [-0.2, 0) is 15.8 Å². The smallest absolute Gasteiger partial charge is 0.406 e. The number of nitrogens with zero attached hydrogens (tertiary/aromatic N) is 2. The van der Waals surface area contributed by atoms with Crippen LogP contribution in [-0.4, -0.2) is 25.0 Å². The number of rotatable bonds is 4. The fourth-order valence-corrected chi connectivity index (χ4v) is 3.90. The van der Waals surface area contributed by atoms with Crippen LogP contribution in [0.2, 0.25) is 0 Å². The fraction of sp³-hybridized carbons (Fsp3) is 0.273. The van der Waals surface area contributed by atoms with Crippen LogP contribution in [0, 0.1) is 0 Å². The van der Waals surface area contributed by atoms with Crippen molar-refractivity contribution in [2.45, 2.75) is 23.9 Å². The molecule has 1 unspecified atom stereocenters. The molecule has 6 nitrogen and oxygen atoms in total. The fourth-order valence-electron chi connectivity index (χ4n) is 1.51. The largest absolute Gasteiger partial charge is 0.573 e. The summed E-state index contributed by atoms with van der Waals surface area (Å²) < 4.78 is 67.7. The number of aromatic amines is 1. The molecular formula is C11H11F3N3O3S2+. The van der Waals surface area contributed by atoms with Crippen molar-refractivity contribution in [3.05, 3.63) is 34.6 Å². The van der Waals surface area contributed by atoms with Gasteiger partial charge in [0.05, 0.1) is 4.90 Å². The summed E-state index contributed by atoms with van der Waals surface area (Å²) in [6.45, 7) is 1.85. The molecule has 1 atom stereocenters. The van der Waals surface area contributed by atoms with Crippen molar-refractivity contribution in [2.75, 3.05) is 0 Å². The summed E-state index contributed by atoms with van der Waals surface area (Å²) in [6.07, 6.45) is -4.83. The minimum atomic E-state index is -4.83. The summed E-state index contributed by atoms with van der Waals surface area (Å²) in [5.74, 6) is 0.137. The van der Waals surface area contributed by atoms with Gasteiger partial charge in [0.25, 0.3) is 10.0 Å². The molecule has 1 aromatic carbocycles. The molecule has 0 aliphatic heterocycles. The molecule has 2 rings (SSSR count). The number of sulfonamides is 1. The molecule has 0 amide bonds. The van der Waals surface area contributed by atoms with Crippen molar-refractivity contribution in [3.63, 3.8) is 0 Å². The van der Waals surface area contributed by atoms with Gasteiger partial charge >= 0.3 is 11.2 Å². The van der Waals surface area contributed by atoms with E-state index in [0.717, 1.165) is 24.3 Å². The minimum Gasteiger partial charge on any atom is -0.406 e. The van der Waals surface area contributed by atoms with Gasteiger partial charge in [-0.1, -0.05) is 4.40 Å². The lowest BCUT2D eigenvalue weighted by Crippen LogP contribution is -2.17. The van der Waals surface area contributed by atoms with Crippen LogP contribution in [0.4, 0.5) is 13.2 Å². The van der Waals surface area contributed by atoms with E-state index in [9.17, 15) is 21.6 Å². The molecule has 11 heteroatoms. The van der Waals surface area contributed by atoms with Crippen molar-refractivity contribution < 1.29 is 26.3 Å². The molecule has 0 aliphatic carbocycles. The lowest BCUT2D eigenvalue weighted by Gasteiger charge is -2.08. The topological polar surface area (TPSA) is 84.4 Å². The van der Waals surface area contributed by atoms with E-state index in [1.807, 2.05) is 6.92 Å². The van der Waals surface area contributed by atoms with E-state index in [1.165, 1.54) is 0 Å². The normalized spacial score (nSPS) is 14.2. The van der Waals surface area contributed by atoms with Gasteiger partial charge in [-0.15, -0.1) is 18.3 Å². The Bertz CT molecular complexity index is 807. The predicted molar refractivity (Wildman–Crippen MR) is 72.6 cm³/mol. The van der Waals surface area contributed by atoms with Crippen LogP contribution < -0.4 is 9.54 Å². The highest BCUT2D eigenvalue weighted by Gasteiger charge is 2.31. The lowest BCUT2D eigenvalue weighted by atomic mass is 10.3. The summed E-state index contributed by atoms with van der Waals surface area (Å²) in [7, 11) is -4.55. The number of aromatic nitrogens is 2. The Morgan fingerprint density at radius 2 is 1.95 bits per heavy atom. The van der Waals surface area contributed by atoms with Crippen molar-refractivity contribution in [2.24, 2.45) is 4.40 Å². The third kappa shape index (κ3) is 4.07. The molecule has 0 aliphatic rings. The first kappa shape index (κ1) is 16.5. The molecule has 1 aromatic heterocycles. The van der Waals surface area contributed by atoms with Gasteiger partial charge in [-0.2, -0.15) is 8.42 Å². The Balaban J connectivity index is 2.33. The Morgan fingerprint density at radius 3 is 2.50 bits per heavy atom. The first-order valence-electron chi connectivity index (χ1n) is 5.91. The average molecular weight is 354 g/mol. The number of benzene rings is 1. The van der Waals surface area contributed by atoms with E-state index >= 15 is 0 Å². The van der Waals surface area contributed by atoms with Gasteiger partial charge < -0.3 is 4.74 Å². The maximum absolute atomic E-state index is 12.1. The van der Waals surface area contributed by atoms with Crippen LogP contribution in [0.3, 0.4) is 0 Å². The Morgan fingerprint density at radius 1 is 1.32 bits per heavy atom. The number of hydrogen-bond donors (Lipinski definition) is 1. The summed E-state index contributed by atoms with van der Waals surface area (Å²) >= 11 is 0. The summed E-state index contributed by atoms with van der Waals surface area (Å²) in [4.78, 5) is -0.0269. The van der Waals surface area contributed by atoms with E-state index in [-0.39, 0.29) is 9.70 Å². The standard InChI is InChI=1S/C11H11F3N3O3S2/c1-2-21-7-15-16-10(21)17-22(18,19)9-5-3-8(4-6-9)20-11(12,13)14/h3-7H,2H2,1H3,(H,16,17)/q+1. The Kier molecular flexibility index (Phi) is 4.56. The van der Waals surface area contributed by atoms with E-state index < -0.39 is 32.6 Å². The van der Waals surface area contributed by atoms with Crippen molar-refractivity contribution in [1.82, 2.24) is 10.2 Å². The monoisotopic (exact) mass is 354 g/mol. The zero-order valence-electron chi connectivity index (χ0n) is 11.2. The highest BCUT2D eigenvalue weighted by molar-refractivity contribution is 7.90. The second-order valence-corrected chi connectivity index (χ2v) is 7.59. The van der Waals surface area contributed by atoms with Gasteiger partial charge in [0.15, 0.2) is 0 Å². The molecule has 0 bridgehead atoms. The zero-order chi connectivity index (χ0) is 16.4. The van der Waals surface area contributed by atoms with Crippen LogP contribution in [0.1, 0.15) is 6.92 Å². The lowest BCUT2D eigenvalue weighted by molar-refractivity contribution is -0.274. The molecule has 0 radical (unpaired) electrons. The SMILES string of the molecule is CC[s+]1cn[nH]c1=NS(=O)(=O)c1ccc(OC(F)(F)F)cc1. The first-order chi connectivity index (χ1) is 10.2. The number of ether oxygens (including phenoxy) is 1. The van der Waals surface area contributed by atoms with Crippen LogP contribution in [0.15, 0.2) is 39.1 Å². The van der Waals surface area contributed by atoms with Gasteiger partial charge in [0.1, 0.15) is 11.5 Å². The molecule has 2 aromatic rings. The maximum atomic E-state index is 12.1. The molecule has 0 fully saturated rings. The third-order valence-corrected chi connectivity index (χ3v) is 5.53. The van der Waals surface area contributed by atoms with Crippen molar-refractivity contribution in [3.8, 4) is 5.75 Å². The molecular weight excluding hydrogens is 343 g/mol. The van der Waals surface area contributed by atoms with Crippen LogP contribution in [0.5, 0.6) is 5.75 Å². The van der Waals surface area contributed by atoms with E-state index in [4.69, 9.17) is 0 Å². The molecule has 120 valence electrons. The molecule has 1 N–H and O–H groups in total. The molecule has 0 saturated carbocycles. The number of nitrogens with one attached hydrogen (secondary N) is 1. The number of halogens is 3.